The second-order valence-corrected chi connectivity index (χ2v) is 5.64. The fourth-order valence-electron chi connectivity index (χ4n) is 2.03. The van der Waals surface area contributed by atoms with Crippen LogP contribution in [0, 0.1) is 0 Å². The van der Waals surface area contributed by atoms with Crippen molar-refractivity contribution in [3.63, 3.8) is 0 Å². The number of hydrogen-bond acceptors (Lipinski definition) is 1. The molecule has 1 amide bonds. The Hall–Kier alpha value is -1.05. The molecule has 0 fully saturated rings. The molecule has 0 aromatic heterocycles. The van der Waals surface area contributed by atoms with Crippen LogP contribution in [-0.2, 0) is 4.79 Å². The number of unbranched alkanes of at least 4 members (excludes halogenated alkanes) is 9. The van der Waals surface area contributed by atoms with Gasteiger partial charge in [0.2, 0.25) is 5.91 Å². The minimum Gasteiger partial charge on any atom is -0.345 e. The van der Waals surface area contributed by atoms with Gasteiger partial charge < -0.3 is 4.90 Å². The molecule has 0 heterocycles. The molecule has 2 nitrogen and oxygen atoms in total. The van der Waals surface area contributed by atoms with Crippen molar-refractivity contribution in [3.05, 3.63) is 24.3 Å². The van der Waals surface area contributed by atoms with Crippen LogP contribution in [0.15, 0.2) is 24.3 Å². The van der Waals surface area contributed by atoms with Crippen molar-refractivity contribution in [2.75, 3.05) is 14.1 Å². The lowest BCUT2D eigenvalue weighted by atomic mass is 10.1. The van der Waals surface area contributed by atoms with E-state index in [1.807, 2.05) is 12.2 Å². The van der Waals surface area contributed by atoms with Gasteiger partial charge in [-0.3, -0.25) is 4.79 Å². The van der Waals surface area contributed by atoms with Crippen LogP contribution in [0.4, 0.5) is 0 Å². The van der Waals surface area contributed by atoms with Gasteiger partial charge in [-0.05, 0) is 12.8 Å². The van der Waals surface area contributed by atoms with Crippen LogP contribution in [-0.4, -0.2) is 24.9 Å². The maximum atomic E-state index is 11.2. The third kappa shape index (κ3) is 13.4. The topological polar surface area (TPSA) is 20.3 Å². The molecule has 0 aromatic carbocycles. The van der Waals surface area contributed by atoms with Crippen LogP contribution < -0.4 is 0 Å². The largest absolute Gasteiger partial charge is 0.345 e. The molecule has 116 valence electrons. The summed E-state index contributed by atoms with van der Waals surface area (Å²) in [5.41, 5.74) is 0. The summed E-state index contributed by atoms with van der Waals surface area (Å²) in [5.74, 6) is 0.0396. The Bertz CT molecular complexity index is 279. The highest BCUT2D eigenvalue weighted by Gasteiger charge is 1.94. The summed E-state index contributed by atoms with van der Waals surface area (Å²) < 4.78 is 0. The summed E-state index contributed by atoms with van der Waals surface area (Å²) in [6.45, 7) is 2.26. The van der Waals surface area contributed by atoms with E-state index in [-0.39, 0.29) is 5.91 Å². The molecule has 0 N–H and O–H groups in total. The van der Waals surface area contributed by atoms with E-state index in [2.05, 4.69) is 13.0 Å². The van der Waals surface area contributed by atoms with Gasteiger partial charge in [-0.25, -0.2) is 0 Å². The summed E-state index contributed by atoms with van der Waals surface area (Å²) in [7, 11) is 3.53. The molecule has 0 atom stereocenters. The minimum atomic E-state index is 0.0396. The number of amides is 1. The molecule has 0 rings (SSSR count). The lowest BCUT2D eigenvalue weighted by Crippen LogP contribution is -2.18. The second kappa shape index (κ2) is 14.4. The molecular weight excluding hydrogens is 246 g/mol. The normalized spacial score (nSPS) is 11.6. The monoisotopic (exact) mass is 279 g/mol. The van der Waals surface area contributed by atoms with Gasteiger partial charge in [-0.1, -0.05) is 76.5 Å². The third-order valence-corrected chi connectivity index (χ3v) is 3.40. The number of rotatable bonds is 12. The van der Waals surface area contributed by atoms with Crippen molar-refractivity contribution in [1.82, 2.24) is 4.90 Å². The van der Waals surface area contributed by atoms with Gasteiger partial charge in [0.05, 0.1) is 0 Å². The number of likely N-dealkylation sites (N-methyl/N-ethyl adjacent to an activating group) is 1. The summed E-state index contributed by atoms with van der Waals surface area (Å²) in [5, 5.41) is 0. The highest BCUT2D eigenvalue weighted by molar-refractivity contribution is 5.87. The summed E-state index contributed by atoms with van der Waals surface area (Å²) in [6, 6.07) is 0. The lowest BCUT2D eigenvalue weighted by molar-refractivity contribution is -0.123. The maximum Gasteiger partial charge on any atom is 0.246 e. The highest BCUT2D eigenvalue weighted by atomic mass is 16.2. The van der Waals surface area contributed by atoms with Crippen molar-refractivity contribution < 1.29 is 4.79 Å². The number of nitrogens with zero attached hydrogens (tertiary/aromatic N) is 1. The molecule has 20 heavy (non-hydrogen) atoms. The Morgan fingerprint density at radius 2 is 1.40 bits per heavy atom. The molecule has 0 spiro atoms. The van der Waals surface area contributed by atoms with Gasteiger partial charge in [-0.15, -0.1) is 0 Å². The van der Waals surface area contributed by atoms with Gasteiger partial charge in [-0.2, -0.15) is 0 Å². The first kappa shape index (κ1) is 18.9. The van der Waals surface area contributed by atoms with Crippen LogP contribution in [0.2, 0.25) is 0 Å². The maximum absolute atomic E-state index is 11.2. The number of allylic oxidation sites excluding steroid dienone is 3. The third-order valence-electron chi connectivity index (χ3n) is 3.40. The summed E-state index contributed by atoms with van der Waals surface area (Å²) in [6.07, 6.45) is 21.0. The van der Waals surface area contributed by atoms with E-state index in [0.29, 0.717) is 0 Å². The summed E-state index contributed by atoms with van der Waals surface area (Å²) >= 11 is 0. The first-order valence-corrected chi connectivity index (χ1v) is 8.23. The zero-order valence-electron chi connectivity index (χ0n) is 13.7. The average molecular weight is 279 g/mol. The van der Waals surface area contributed by atoms with Crippen LogP contribution in [0.5, 0.6) is 0 Å². The molecule has 2 heteroatoms. The fraction of sp³-hybridized carbons (Fsp3) is 0.722. The predicted octanol–water partition coefficient (Wildman–Crippen LogP) is 5.11. The van der Waals surface area contributed by atoms with Gasteiger partial charge in [0.15, 0.2) is 0 Å². The fourth-order valence-corrected chi connectivity index (χ4v) is 2.03. The van der Waals surface area contributed by atoms with Crippen LogP contribution >= 0.6 is 0 Å². The molecule has 0 bridgehead atoms. The molecule has 0 unspecified atom stereocenters. The Morgan fingerprint density at radius 1 is 0.850 bits per heavy atom. The molecule has 0 saturated heterocycles. The van der Waals surface area contributed by atoms with Crippen molar-refractivity contribution in [1.29, 1.82) is 0 Å². The van der Waals surface area contributed by atoms with E-state index in [4.69, 9.17) is 0 Å². The average Bonchev–Trinajstić information content (AvgIpc) is 2.43. The molecule has 0 saturated carbocycles. The van der Waals surface area contributed by atoms with Crippen molar-refractivity contribution in [2.45, 2.75) is 71.1 Å². The van der Waals surface area contributed by atoms with E-state index in [1.54, 1.807) is 25.1 Å². The molecule has 0 aliphatic rings. The van der Waals surface area contributed by atoms with Crippen molar-refractivity contribution in [3.8, 4) is 0 Å². The number of hydrogen-bond donors (Lipinski definition) is 0. The van der Waals surface area contributed by atoms with Crippen LogP contribution in [0.25, 0.3) is 0 Å². The van der Waals surface area contributed by atoms with E-state index in [1.165, 1.54) is 57.8 Å². The Balaban J connectivity index is 3.29. The number of carbonyl (C=O) groups is 1. The summed E-state index contributed by atoms with van der Waals surface area (Å²) in [4.78, 5) is 12.8. The molecular formula is C18H33NO. The SMILES string of the molecule is CCCCCCCCCCCC=CC=CC(=O)N(C)C. The predicted molar refractivity (Wildman–Crippen MR) is 88.8 cm³/mol. The minimum absolute atomic E-state index is 0.0396. The quantitative estimate of drug-likeness (QED) is 0.276. The molecule has 0 aromatic rings. The van der Waals surface area contributed by atoms with Gasteiger partial charge >= 0.3 is 0 Å². The molecule has 0 aliphatic heterocycles. The van der Waals surface area contributed by atoms with E-state index in [0.717, 1.165) is 6.42 Å². The highest BCUT2D eigenvalue weighted by Crippen LogP contribution is 2.10. The van der Waals surface area contributed by atoms with Crippen molar-refractivity contribution in [2.24, 2.45) is 0 Å². The lowest BCUT2D eigenvalue weighted by Gasteiger charge is -2.04. The van der Waals surface area contributed by atoms with Gasteiger partial charge in [0.25, 0.3) is 0 Å². The number of carbonyl (C=O) groups excluding carboxylic acids is 1. The van der Waals surface area contributed by atoms with Crippen LogP contribution in [0.3, 0.4) is 0 Å². The molecule has 0 aliphatic carbocycles. The Labute approximate surface area is 125 Å². The Kier molecular flexibility index (Phi) is 13.6. The Morgan fingerprint density at radius 3 is 1.95 bits per heavy atom. The smallest absolute Gasteiger partial charge is 0.246 e. The van der Waals surface area contributed by atoms with Crippen LogP contribution in [0.1, 0.15) is 71.1 Å². The standard InChI is InChI=1S/C18H33NO/c1-4-5-6-7-8-9-10-11-12-13-14-15-16-17-18(20)19(2)3/h14-17H,4-13H2,1-3H3. The first-order valence-electron chi connectivity index (χ1n) is 8.23. The van der Waals surface area contributed by atoms with E-state index in [9.17, 15) is 4.79 Å². The van der Waals surface area contributed by atoms with Gasteiger partial charge in [0.1, 0.15) is 0 Å². The van der Waals surface area contributed by atoms with E-state index < -0.39 is 0 Å². The molecule has 0 radical (unpaired) electrons. The van der Waals surface area contributed by atoms with Crippen molar-refractivity contribution >= 4 is 5.91 Å². The van der Waals surface area contributed by atoms with Gasteiger partial charge in [0, 0.05) is 20.2 Å². The zero-order valence-corrected chi connectivity index (χ0v) is 13.7. The second-order valence-electron chi connectivity index (χ2n) is 5.64. The first-order chi connectivity index (χ1) is 9.68. The zero-order chi connectivity index (χ0) is 15.1. The van der Waals surface area contributed by atoms with E-state index >= 15 is 0 Å².